The summed E-state index contributed by atoms with van der Waals surface area (Å²) in [7, 11) is 0. The first-order valence-corrected chi connectivity index (χ1v) is 7.40. The molecule has 1 N–H and O–H groups in total. The lowest BCUT2D eigenvalue weighted by Gasteiger charge is -2.36. The Morgan fingerprint density at radius 2 is 1.62 bits per heavy atom. The summed E-state index contributed by atoms with van der Waals surface area (Å²) in [6.45, 7) is 2.06. The molecule has 0 amide bonds. The number of piperazine rings is 1. The molecule has 1 aliphatic rings. The van der Waals surface area contributed by atoms with Crippen LogP contribution in [0.25, 0.3) is 0 Å². The van der Waals surface area contributed by atoms with Crippen LogP contribution in [0.15, 0.2) is 29.2 Å². The molecule has 1 fully saturated rings. The van der Waals surface area contributed by atoms with Gasteiger partial charge in [-0.1, -0.05) is 12.1 Å². The van der Waals surface area contributed by atoms with E-state index in [2.05, 4.69) is 5.32 Å². The SMILES string of the molecule is CSc1ccc([C@H](N2CCNCC2)C(F)(F)F)cc1.Cl.Cl. The van der Waals surface area contributed by atoms with Crippen LogP contribution in [0.3, 0.4) is 0 Å². The molecular formula is C13H19Cl2F3N2S. The number of alkyl halides is 3. The van der Waals surface area contributed by atoms with Crippen molar-refractivity contribution in [1.82, 2.24) is 10.2 Å². The van der Waals surface area contributed by atoms with Crippen molar-refractivity contribution in [1.29, 1.82) is 0 Å². The number of hydrogen-bond acceptors (Lipinski definition) is 3. The molecule has 1 aromatic carbocycles. The zero-order valence-corrected chi connectivity index (χ0v) is 14.0. The van der Waals surface area contributed by atoms with Gasteiger partial charge in [0.1, 0.15) is 6.04 Å². The van der Waals surface area contributed by atoms with Crippen molar-refractivity contribution >= 4 is 36.6 Å². The summed E-state index contributed by atoms with van der Waals surface area (Å²) >= 11 is 1.53. The fourth-order valence-electron chi connectivity index (χ4n) is 2.33. The van der Waals surface area contributed by atoms with Gasteiger partial charge in [0.15, 0.2) is 0 Å². The maximum absolute atomic E-state index is 13.3. The van der Waals surface area contributed by atoms with Gasteiger partial charge in [0.2, 0.25) is 0 Å². The number of nitrogens with zero attached hydrogens (tertiary/aromatic N) is 1. The molecule has 0 aromatic heterocycles. The zero-order valence-electron chi connectivity index (χ0n) is 11.5. The summed E-state index contributed by atoms with van der Waals surface area (Å²) in [6.07, 6.45) is -2.33. The molecule has 0 aliphatic carbocycles. The molecule has 1 atom stereocenters. The molecule has 0 unspecified atom stereocenters. The number of benzene rings is 1. The highest BCUT2D eigenvalue weighted by Crippen LogP contribution is 2.38. The van der Waals surface area contributed by atoms with E-state index in [1.807, 2.05) is 6.26 Å². The lowest BCUT2D eigenvalue weighted by atomic mass is 10.0. The predicted molar refractivity (Wildman–Crippen MR) is 86.0 cm³/mol. The summed E-state index contributed by atoms with van der Waals surface area (Å²) in [5, 5.41) is 3.08. The maximum atomic E-state index is 13.3. The number of rotatable bonds is 3. The minimum Gasteiger partial charge on any atom is -0.314 e. The van der Waals surface area contributed by atoms with Crippen molar-refractivity contribution in [3.8, 4) is 0 Å². The van der Waals surface area contributed by atoms with Gasteiger partial charge in [0, 0.05) is 31.1 Å². The fraction of sp³-hybridized carbons (Fsp3) is 0.538. The Hall–Kier alpha value is -0.140. The molecule has 0 bridgehead atoms. The average molecular weight is 363 g/mol. The van der Waals surface area contributed by atoms with E-state index in [0.717, 1.165) is 4.90 Å². The quantitative estimate of drug-likeness (QED) is 0.824. The summed E-state index contributed by atoms with van der Waals surface area (Å²) in [5.74, 6) is 0. The largest absolute Gasteiger partial charge is 0.408 e. The summed E-state index contributed by atoms with van der Waals surface area (Å²) in [6, 6.07) is 5.19. The van der Waals surface area contributed by atoms with E-state index in [4.69, 9.17) is 0 Å². The average Bonchev–Trinajstić information content (AvgIpc) is 2.39. The Labute approximate surface area is 139 Å². The van der Waals surface area contributed by atoms with Crippen molar-refractivity contribution in [2.75, 3.05) is 32.4 Å². The first-order valence-electron chi connectivity index (χ1n) is 6.18. The standard InChI is InChI=1S/C13H17F3N2S.2ClH/c1-19-11-4-2-10(3-5-11)12(13(14,15)16)18-8-6-17-7-9-18;;/h2-5,12,17H,6-9H2,1H3;2*1H/t12-;;/m0../s1. The van der Waals surface area contributed by atoms with Gasteiger partial charge in [-0.15, -0.1) is 36.6 Å². The molecule has 0 radical (unpaired) electrons. The Bertz CT molecular complexity index is 409. The van der Waals surface area contributed by atoms with E-state index in [1.54, 1.807) is 24.3 Å². The summed E-state index contributed by atoms with van der Waals surface area (Å²) in [5.41, 5.74) is 0.326. The van der Waals surface area contributed by atoms with Crippen LogP contribution in [0, 0.1) is 0 Å². The molecular weight excluding hydrogens is 344 g/mol. The first kappa shape index (κ1) is 20.9. The highest BCUT2D eigenvalue weighted by Gasteiger charge is 2.44. The summed E-state index contributed by atoms with van der Waals surface area (Å²) in [4.78, 5) is 2.48. The van der Waals surface area contributed by atoms with E-state index in [0.29, 0.717) is 31.7 Å². The van der Waals surface area contributed by atoms with Gasteiger partial charge < -0.3 is 5.32 Å². The highest BCUT2D eigenvalue weighted by molar-refractivity contribution is 7.98. The monoisotopic (exact) mass is 362 g/mol. The number of nitrogens with one attached hydrogen (secondary N) is 1. The molecule has 2 nitrogen and oxygen atoms in total. The number of thioether (sulfide) groups is 1. The molecule has 1 aromatic rings. The van der Waals surface area contributed by atoms with Crippen LogP contribution in [0.4, 0.5) is 13.2 Å². The Balaban J connectivity index is 0.00000200. The van der Waals surface area contributed by atoms with Gasteiger partial charge in [0.25, 0.3) is 0 Å². The third kappa shape index (κ3) is 5.53. The molecule has 21 heavy (non-hydrogen) atoms. The van der Waals surface area contributed by atoms with Gasteiger partial charge in [-0.25, -0.2) is 0 Å². The Morgan fingerprint density at radius 3 is 2.05 bits per heavy atom. The fourth-order valence-corrected chi connectivity index (χ4v) is 2.74. The van der Waals surface area contributed by atoms with E-state index in [-0.39, 0.29) is 24.8 Å². The number of hydrogen-bond donors (Lipinski definition) is 1. The van der Waals surface area contributed by atoms with Crippen LogP contribution < -0.4 is 5.32 Å². The molecule has 122 valence electrons. The highest BCUT2D eigenvalue weighted by atomic mass is 35.5. The third-order valence-electron chi connectivity index (χ3n) is 3.26. The van der Waals surface area contributed by atoms with Crippen LogP contribution in [-0.2, 0) is 0 Å². The van der Waals surface area contributed by atoms with E-state index < -0.39 is 12.2 Å². The topological polar surface area (TPSA) is 15.3 Å². The molecule has 8 heteroatoms. The molecule has 1 heterocycles. The van der Waals surface area contributed by atoms with Gasteiger partial charge in [0.05, 0.1) is 0 Å². The van der Waals surface area contributed by atoms with Gasteiger partial charge >= 0.3 is 6.18 Å². The molecule has 0 spiro atoms. The minimum atomic E-state index is -4.24. The second kappa shape index (κ2) is 9.10. The minimum absolute atomic E-state index is 0. The van der Waals surface area contributed by atoms with Gasteiger partial charge in [-0.2, -0.15) is 13.2 Å². The third-order valence-corrected chi connectivity index (χ3v) is 4.00. The van der Waals surface area contributed by atoms with Crippen molar-refractivity contribution in [2.24, 2.45) is 0 Å². The Kier molecular flexibility index (Phi) is 9.04. The van der Waals surface area contributed by atoms with Crippen molar-refractivity contribution in [3.05, 3.63) is 29.8 Å². The zero-order chi connectivity index (χ0) is 13.9. The van der Waals surface area contributed by atoms with E-state index in [1.165, 1.54) is 16.7 Å². The van der Waals surface area contributed by atoms with E-state index in [9.17, 15) is 13.2 Å². The molecule has 0 saturated carbocycles. The van der Waals surface area contributed by atoms with Crippen molar-refractivity contribution in [3.63, 3.8) is 0 Å². The Morgan fingerprint density at radius 1 is 1.10 bits per heavy atom. The van der Waals surface area contributed by atoms with Crippen LogP contribution in [0.2, 0.25) is 0 Å². The van der Waals surface area contributed by atoms with Gasteiger partial charge in [-0.3, -0.25) is 4.90 Å². The van der Waals surface area contributed by atoms with E-state index >= 15 is 0 Å². The van der Waals surface area contributed by atoms with Crippen molar-refractivity contribution in [2.45, 2.75) is 17.1 Å². The van der Waals surface area contributed by atoms with Gasteiger partial charge in [-0.05, 0) is 24.0 Å². The molecule has 2 rings (SSSR count). The van der Waals surface area contributed by atoms with Crippen LogP contribution in [-0.4, -0.2) is 43.5 Å². The normalized spacial score (nSPS) is 17.5. The second-order valence-electron chi connectivity index (χ2n) is 4.50. The maximum Gasteiger partial charge on any atom is 0.408 e. The van der Waals surface area contributed by atoms with Crippen LogP contribution in [0.5, 0.6) is 0 Å². The smallest absolute Gasteiger partial charge is 0.314 e. The van der Waals surface area contributed by atoms with Crippen LogP contribution in [0.1, 0.15) is 11.6 Å². The van der Waals surface area contributed by atoms with Crippen LogP contribution >= 0.6 is 36.6 Å². The first-order chi connectivity index (χ1) is 9.02. The lowest BCUT2D eigenvalue weighted by molar-refractivity contribution is -0.187. The second-order valence-corrected chi connectivity index (χ2v) is 5.38. The predicted octanol–water partition coefficient (Wildman–Crippen LogP) is 3.76. The lowest BCUT2D eigenvalue weighted by Crippen LogP contribution is -2.49. The molecule has 1 aliphatic heterocycles. The number of halogens is 5. The van der Waals surface area contributed by atoms with Crippen molar-refractivity contribution < 1.29 is 13.2 Å². The molecule has 1 saturated heterocycles. The summed E-state index contributed by atoms with van der Waals surface area (Å²) < 4.78 is 39.9.